The number of nitrogens with zero attached hydrogens (tertiary/aromatic N) is 5. The molecule has 3 heterocycles. The molecule has 8 heteroatoms. The molecular weight excluding hydrogens is 396 g/mol. The molecule has 0 bridgehead atoms. The van der Waals surface area contributed by atoms with Gasteiger partial charge in [-0.3, -0.25) is 9.36 Å². The van der Waals surface area contributed by atoms with Crippen molar-refractivity contribution in [3.63, 3.8) is 0 Å². The number of hydrogen-bond acceptors (Lipinski definition) is 6. The maximum Gasteiger partial charge on any atom is 0.251 e. The number of imidazole rings is 1. The summed E-state index contributed by atoms with van der Waals surface area (Å²) < 4.78 is 1.98. The number of hydrogen-bond donors (Lipinski definition) is 1. The molecule has 1 amide bonds. The Bertz CT molecular complexity index is 1010. The number of benzene rings is 1. The van der Waals surface area contributed by atoms with E-state index in [4.69, 9.17) is 0 Å². The van der Waals surface area contributed by atoms with Crippen molar-refractivity contribution >= 4 is 23.5 Å². The average molecular weight is 423 g/mol. The second-order valence-corrected chi connectivity index (χ2v) is 8.10. The van der Waals surface area contributed by atoms with Gasteiger partial charge in [-0.15, -0.1) is 0 Å². The van der Waals surface area contributed by atoms with Gasteiger partial charge in [-0.2, -0.15) is 0 Å². The second kappa shape index (κ2) is 9.32. The summed E-state index contributed by atoms with van der Waals surface area (Å²) in [5.41, 5.74) is 2.59. The van der Waals surface area contributed by atoms with Crippen LogP contribution in [0, 0.1) is 0 Å². The molecule has 0 aliphatic carbocycles. The molecule has 1 saturated heterocycles. The number of amides is 1. The predicted molar refractivity (Wildman–Crippen MR) is 120 cm³/mol. The lowest BCUT2D eigenvalue weighted by atomic mass is 10.1. The number of pyridine rings is 1. The minimum atomic E-state index is -0.0966. The lowest BCUT2D eigenvalue weighted by Crippen LogP contribution is -2.44. The number of aromatic nitrogens is 3. The van der Waals surface area contributed by atoms with Gasteiger partial charge in [-0.25, -0.2) is 9.97 Å². The van der Waals surface area contributed by atoms with Crippen molar-refractivity contribution in [2.45, 2.75) is 11.7 Å². The highest BCUT2D eigenvalue weighted by Gasteiger charge is 2.15. The number of piperazine rings is 1. The van der Waals surface area contributed by atoms with Crippen molar-refractivity contribution in [2.24, 2.45) is 0 Å². The normalized spacial score (nSPS) is 14.7. The molecule has 0 radical (unpaired) electrons. The van der Waals surface area contributed by atoms with Crippen LogP contribution in [0.15, 0.2) is 60.1 Å². The van der Waals surface area contributed by atoms with Gasteiger partial charge in [0.15, 0.2) is 5.16 Å². The van der Waals surface area contributed by atoms with Gasteiger partial charge in [-0.05, 0) is 49.2 Å². The molecule has 3 aromatic rings. The largest absolute Gasteiger partial charge is 0.354 e. The van der Waals surface area contributed by atoms with E-state index in [0.29, 0.717) is 12.1 Å². The summed E-state index contributed by atoms with van der Waals surface area (Å²) in [7, 11) is 2.14. The van der Waals surface area contributed by atoms with E-state index in [9.17, 15) is 4.79 Å². The Morgan fingerprint density at radius 3 is 2.73 bits per heavy atom. The van der Waals surface area contributed by atoms with E-state index in [0.717, 1.165) is 48.4 Å². The molecule has 0 atom stereocenters. The summed E-state index contributed by atoms with van der Waals surface area (Å²) in [5, 5.41) is 3.92. The van der Waals surface area contributed by atoms with E-state index in [-0.39, 0.29) is 5.91 Å². The fourth-order valence-electron chi connectivity index (χ4n) is 3.50. The van der Waals surface area contributed by atoms with Gasteiger partial charge in [0.2, 0.25) is 0 Å². The minimum Gasteiger partial charge on any atom is -0.354 e. The van der Waals surface area contributed by atoms with Crippen molar-refractivity contribution in [2.75, 3.05) is 44.4 Å². The van der Waals surface area contributed by atoms with Gasteiger partial charge < -0.3 is 15.1 Å². The Morgan fingerprint density at radius 1 is 1.10 bits per heavy atom. The minimum absolute atomic E-state index is 0.0966. The van der Waals surface area contributed by atoms with Gasteiger partial charge in [0.05, 0.1) is 0 Å². The summed E-state index contributed by atoms with van der Waals surface area (Å²) in [6.07, 6.45) is 7.47. The van der Waals surface area contributed by atoms with Crippen molar-refractivity contribution in [1.82, 2.24) is 24.8 Å². The zero-order valence-corrected chi connectivity index (χ0v) is 18.1. The predicted octanol–water partition coefficient (Wildman–Crippen LogP) is 2.67. The van der Waals surface area contributed by atoms with Crippen LogP contribution in [0.3, 0.4) is 0 Å². The zero-order chi connectivity index (χ0) is 20.9. The number of anilines is 1. The van der Waals surface area contributed by atoms with Crippen LogP contribution < -0.4 is 10.2 Å². The maximum absolute atomic E-state index is 12.7. The highest BCUT2D eigenvalue weighted by atomic mass is 32.2. The molecule has 4 rings (SSSR count). The third-order valence-electron chi connectivity index (χ3n) is 5.27. The third kappa shape index (κ3) is 4.66. The Labute approximate surface area is 181 Å². The first-order valence-electron chi connectivity index (χ1n) is 9.98. The molecule has 0 saturated carbocycles. The number of rotatable bonds is 6. The molecule has 156 valence electrons. The van der Waals surface area contributed by atoms with E-state index in [1.54, 1.807) is 18.0 Å². The summed E-state index contributed by atoms with van der Waals surface area (Å²) in [6, 6.07) is 11.6. The summed E-state index contributed by atoms with van der Waals surface area (Å²) in [5.74, 6) is 0.877. The molecule has 2 aromatic heterocycles. The maximum atomic E-state index is 12.7. The number of nitrogens with one attached hydrogen (secondary N) is 1. The molecule has 1 aromatic carbocycles. The van der Waals surface area contributed by atoms with Crippen LogP contribution >= 0.6 is 11.8 Å². The van der Waals surface area contributed by atoms with E-state index in [1.807, 2.05) is 53.5 Å². The van der Waals surface area contributed by atoms with Gasteiger partial charge >= 0.3 is 0 Å². The fourth-order valence-corrected chi connectivity index (χ4v) is 4.03. The van der Waals surface area contributed by atoms with Crippen LogP contribution in [-0.4, -0.2) is 64.8 Å². The van der Waals surface area contributed by atoms with Crippen molar-refractivity contribution in [1.29, 1.82) is 0 Å². The standard InChI is InChI=1S/C22H26N6OS/c1-26-10-12-27(13-11-26)20-14-17(6-7-23-20)16-25-21(29)18-4-3-5-19(15-18)28-9-8-24-22(28)30-2/h3-9,14-15H,10-13,16H2,1-2H3,(H,25,29). The Hall–Kier alpha value is -2.84. The topological polar surface area (TPSA) is 66.3 Å². The van der Waals surface area contributed by atoms with Gasteiger partial charge in [0, 0.05) is 62.6 Å². The summed E-state index contributed by atoms with van der Waals surface area (Å²) >= 11 is 1.57. The van der Waals surface area contributed by atoms with Crippen molar-refractivity contribution in [3.8, 4) is 5.69 Å². The molecule has 1 aliphatic heterocycles. The van der Waals surface area contributed by atoms with E-state index in [2.05, 4.69) is 38.2 Å². The molecule has 7 nitrogen and oxygen atoms in total. The first kappa shape index (κ1) is 20.4. The van der Waals surface area contributed by atoms with Crippen molar-refractivity contribution in [3.05, 3.63) is 66.1 Å². The van der Waals surface area contributed by atoms with E-state index >= 15 is 0 Å². The SMILES string of the molecule is CSc1nccn1-c1cccc(C(=O)NCc2ccnc(N3CCN(C)CC3)c2)c1. The second-order valence-electron chi connectivity index (χ2n) is 7.33. The van der Waals surface area contributed by atoms with Crippen LogP contribution in [0.2, 0.25) is 0 Å². The quantitative estimate of drug-likeness (QED) is 0.616. The highest BCUT2D eigenvalue weighted by Crippen LogP contribution is 2.19. The molecule has 1 fully saturated rings. The van der Waals surface area contributed by atoms with Gasteiger partial charge in [0.25, 0.3) is 5.91 Å². The lowest BCUT2D eigenvalue weighted by Gasteiger charge is -2.33. The highest BCUT2D eigenvalue weighted by molar-refractivity contribution is 7.98. The first-order valence-corrected chi connectivity index (χ1v) is 11.2. The van der Waals surface area contributed by atoms with Gasteiger partial charge in [0.1, 0.15) is 5.82 Å². The Morgan fingerprint density at radius 2 is 1.93 bits per heavy atom. The molecule has 0 unspecified atom stereocenters. The van der Waals surface area contributed by atoms with E-state index < -0.39 is 0 Å². The van der Waals surface area contributed by atoms with Crippen molar-refractivity contribution < 1.29 is 4.79 Å². The van der Waals surface area contributed by atoms with Crippen LogP contribution in [0.5, 0.6) is 0 Å². The van der Waals surface area contributed by atoms with Crippen LogP contribution in [0.25, 0.3) is 5.69 Å². The number of thioether (sulfide) groups is 1. The van der Waals surface area contributed by atoms with Crippen LogP contribution in [0.4, 0.5) is 5.82 Å². The summed E-state index contributed by atoms with van der Waals surface area (Å²) in [4.78, 5) is 26.2. The Balaban J connectivity index is 1.42. The lowest BCUT2D eigenvalue weighted by molar-refractivity contribution is 0.0951. The molecule has 1 aliphatic rings. The first-order chi connectivity index (χ1) is 14.6. The van der Waals surface area contributed by atoms with Gasteiger partial charge in [-0.1, -0.05) is 17.8 Å². The van der Waals surface area contributed by atoms with Crippen LogP contribution in [-0.2, 0) is 6.54 Å². The monoisotopic (exact) mass is 422 g/mol. The number of likely N-dealkylation sites (N-methyl/N-ethyl adjacent to an activating group) is 1. The Kier molecular flexibility index (Phi) is 6.35. The molecule has 1 N–H and O–H groups in total. The fraction of sp³-hybridized carbons (Fsp3) is 0.318. The molecule has 0 spiro atoms. The number of carbonyl (C=O) groups excluding carboxylic acids is 1. The molecule has 30 heavy (non-hydrogen) atoms. The average Bonchev–Trinajstić information content (AvgIpc) is 3.27. The number of carbonyl (C=O) groups is 1. The van der Waals surface area contributed by atoms with Crippen LogP contribution in [0.1, 0.15) is 15.9 Å². The zero-order valence-electron chi connectivity index (χ0n) is 17.3. The third-order valence-corrected chi connectivity index (χ3v) is 5.93. The van der Waals surface area contributed by atoms with E-state index in [1.165, 1.54) is 0 Å². The molecular formula is C22H26N6OS. The smallest absolute Gasteiger partial charge is 0.251 e. The summed E-state index contributed by atoms with van der Waals surface area (Å²) in [6.45, 7) is 4.48.